The highest BCUT2D eigenvalue weighted by Gasteiger charge is 2.28. The Morgan fingerprint density at radius 3 is 2.47 bits per heavy atom. The van der Waals surface area contributed by atoms with E-state index in [9.17, 15) is 9.59 Å². The van der Waals surface area contributed by atoms with Crippen LogP contribution in [0.2, 0.25) is 0 Å². The molecule has 30 heavy (non-hydrogen) atoms. The maximum atomic E-state index is 13.4. The number of aromatic nitrogens is 1. The summed E-state index contributed by atoms with van der Waals surface area (Å²) in [7, 11) is 1.60. The van der Waals surface area contributed by atoms with Crippen molar-refractivity contribution < 1.29 is 14.3 Å². The first kappa shape index (κ1) is 23.6. The van der Waals surface area contributed by atoms with Gasteiger partial charge in [0.1, 0.15) is 5.60 Å². The van der Waals surface area contributed by atoms with Gasteiger partial charge in [0.2, 0.25) is 0 Å². The number of anilines is 2. The van der Waals surface area contributed by atoms with Gasteiger partial charge in [0.15, 0.2) is 11.6 Å². The topological polar surface area (TPSA) is 86.8 Å². The molecule has 2 rings (SSSR count). The number of nitrogens with zero attached hydrogens (tertiary/aromatic N) is 2. The van der Waals surface area contributed by atoms with Crippen molar-refractivity contribution in [3.8, 4) is 5.75 Å². The third kappa shape index (κ3) is 5.46. The van der Waals surface area contributed by atoms with E-state index >= 15 is 0 Å². The van der Waals surface area contributed by atoms with Gasteiger partial charge in [-0.1, -0.05) is 27.2 Å². The Labute approximate surface area is 178 Å². The molecule has 0 unspecified atom stereocenters. The van der Waals surface area contributed by atoms with E-state index in [1.54, 1.807) is 50.6 Å². The van der Waals surface area contributed by atoms with Crippen molar-refractivity contribution in [2.45, 2.75) is 66.5 Å². The van der Waals surface area contributed by atoms with Crippen LogP contribution in [0.3, 0.4) is 0 Å². The fourth-order valence-electron chi connectivity index (χ4n) is 3.17. The number of ether oxygens (including phenoxy) is 2. The Bertz CT molecular complexity index is 958. The van der Waals surface area contributed by atoms with E-state index < -0.39 is 11.7 Å². The molecule has 0 aliphatic rings. The lowest BCUT2D eigenvalue weighted by atomic mass is 10.1. The number of rotatable bonds is 7. The molecule has 0 saturated heterocycles. The average Bonchev–Trinajstić information content (AvgIpc) is 2.63. The van der Waals surface area contributed by atoms with Gasteiger partial charge in [-0.25, -0.2) is 4.79 Å². The molecule has 1 aromatic carbocycles. The van der Waals surface area contributed by atoms with Gasteiger partial charge < -0.3 is 15.2 Å². The summed E-state index contributed by atoms with van der Waals surface area (Å²) >= 11 is 0. The van der Waals surface area contributed by atoms with Gasteiger partial charge in [-0.2, -0.15) is 0 Å². The summed E-state index contributed by atoms with van der Waals surface area (Å²) in [6.07, 6.45) is 1.26. The normalized spacial score (nSPS) is 11.7. The van der Waals surface area contributed by atoms with Crippen molar-refractivity contribution in [3.63, 3.8) is 0 Å². The van der Waals surface area contributed by atoms with Crippen LogP contribution in [0.4, 0.5) is 16.3 Å². The van der Waals surface area contributed by atoms with Crippen molar-refractivity contribution in [1.29, 1.82) is 0 Å². The maximum absolute atomic E-state index is 13.4. The number of nitrogens with two attached hydrogens (primary N) is 1. The highest BCUT2D eigenvalue weighted by molar-refractivity contribution is 5.98. The van der Waals surface area contributed by atoms with Crippen LogP contribution >= 0.6 is 0 Å². The molecular formula is C23H35N3O4. The second kappa shape index (κ2) is 9.41. The summed E-state index contributed by atoms with van der Waals surface area (Å²) in [4.78, 5) is 27.6. The van der Waals surface area contributed by atoms with Crippen LogP contribution < -0.4 is 20.9 Å². The number of carbonyl (C=O) groups excluding carboxylic acids is 1. The van der Waals surface area contributed by atoms with Crippen molar-refractivity contribution in [1.82, 2.24) is 4.57 Å². The molecule has 7 nitrogen and oxygen atoms in total. The lowest BCUT2D eigenvalue weighted by molar-refractivity contribution is 0.0585. The molecule has 1 amide bonds. The highest BCUT2D eigenvalue weighted by Crippen LogP contribution is 2.36. The van der Waals surface area contributed by atoms with Gasteiger partial charge in [-0.05, 0) is 51.3 Å². The smallest absolute Gasteiger partial charge is 0.415 e. The molecule has 2 N–H and O–H groups in total. The number of carbonyl (C=O) groups is 1. The summed E-state index contributed by atoms with van der Waals surface area (Å²) in [5.41, 5.74) is 5.68. The van der Waals surface area contributed by atoms with Crippen LogP contribution in [0.5, 0.6) is 5.75 Å². The SMILES string of the molecule is CCCCOc1c(N(C)C(=O)OC(C)(C)C)n(CC(C)C)c(=O)c2ccc(N)cc12. The minimum Gasteiger partial charge on any atom is -0.489 e. The molecule has 0 radical (unpaired) electrons. The largest absolute Gasteiger partial charge is 0.489 e. The maximum Gasteiger partial charge on any atom is 0.415 e. The first-order valence-corrected chi connectivity index (χ1v) is 10.5. The van der Waals surface area contributed by atoms with E-state index in [1.807, 2.05) is 13.8 Å². The van der Waals surface area contributed by atoms with Crippen molar-refractivity contribution >= 4 is 28.4 Å². The van der Waals surface area contributed by atoms with E-state index in [0.29, 0.717) is 41.2 Å². The third-order valence-corrected chi connectivity index (χ3v) is 4.50. The number of hydrogen-bond donors (Lipinski definition) is 1. The second-order valence-electron chi connectivity index (χ2n) is 9.01. The number of hydrogen-bond acceptors (Lipinski definition) is 5. The lowest BCUT2D eigenvalue weighted by Gasteiger charge is -2.29. The summed E-state index contributed by atoms with van der Waals surface area (Å²) in [5, 5.41) is 1.11. The zero-order valence-electron chi connectivity index (χ0n) is 19.2. The number of pyridine rings is 1. The Hall–Kier alpha value is -2.70. The molecule has 0 saturated carbocycles. The Kier molecular flexibility index (Phi) is 7.39. The van der Waals surface area contributed by atoms with Gasteiger partial charge in [0.05, 0.1) is 12.0 Å². The van der Waals surface area contributed by atoms with Gasteiger partial charge in [-0.3, -0.25) is 14.3 Å². The van der Waals surface area contributed by atoms with Crippen molar-refractivity contribution in [2.24, 2.45) is 5.92 Å². The number of fused-ring (bicyclic) bond motifs is 1. The quantitative estimate of drug-likeness (QED) is 0.517. The number of amides is 1. The first-order chi connectivity index (χ1) is 14.0. The molecule has 1 aromatic heterocycles. The molecule has 0 bridgehead atoms. The number of benzene rings is 1. The van der Waals surface area contributed by atoms with Gasteiger partial charge in [-0.15, -0.1) is 0 Å². The van der Waals surface area contributed by atoms with Crippen LogP contribution in [0.1, 0.15) is 54.4 Å². The van der Waals surface area contributed by atoms with Crippen molar-refractivity contribution in [3.05, 3.63) is 28.6 Å². The summed E-state index contributed by atoms with van der Waals surface area (Å²) in [5.74, 6) is 1.04. The van der Waals surface area contributed by atoms with E-state index in [2.05, 4.69) is 6.92 Å². The number of unbranched alkanes of at least 4 members (excludes halogenated alkanes) is 1. The Morgan fingerprint density at radius 2 is 1.90 bits per heavy atom. The number of nitrogen functional groups attached to an aromatic ring is 1. The van der Waals surface area contributed by atoms with Gasteiger partial charge >= 0.3 is 6.09 Å². The van der Waals surface area contributed by atoms with E-state index in [4.69, 9.17) is 15.2 Å². The van der Waals surface area contributed by atoms with E-state index in [0.717, 1.165) is 12.8 Å². The fourth-order valence-corrected chi connectivity index (χ4v) is 3.17. The zero-order chi connectivity index (χ0) is 22.6. The average molecular weight is 418 g/mol. The molecule has 166 valence electrons. The zero-order valence-corrected chi connectivity index (χ0v) is 19.2. The fraction of sp³-hybridized carbons (Fsp3) is 0.565. The summed E-state index contributed by atoms with van der Waals surface area (Å²) in [6, 6.07) is 5.15. The second-order valence-corrected chi connectivity index (χ2v) is 9.01. The molecule has 0 aliphatic carbocycles. The summed E-state index contributed by atoms with van der Waals surface area (Å²) < 4.78 is 13.3. The highest BCUT2D eigenvalue weighted by atomic mass is 16.6. The van der Waals surface area contributed by atoms with Crippen LogP contribution in [0, 0.1) is 5.92 Å². The van der Waals surface area contributed by atoms with Gasteiger partial charge in [0, 0.05) is 24.7 Å². The standard InChI is InChI=1S/C23H35N3O4/c1-8-9-12-29-19-18-13-16(24)10-11-17(18)21(27)26(14-15(2)3)20(19)25(7)22(28)30-23(4,5)6/h10-11,13,15H,8-9,12,14,24H2,1-7H3. The molecule has 7 heteroatoms. The van der Waals surface area contributed by atoms with Crippen LogP contribution in [0.25, 0.3) is 10.8 Å². The van der Waals surface area contributed by atoms with Gasteiger partial charge in [0.25, 0.3) is 5.56 Å². The minimum atomic E-state index is -0.668. The lowest BCUT2D eigenvalue weighted by Crippen LogP contribution is -2.38. The van der Waals surface area contributed by atoms with E-state index in [1.165, 1.54) is 4.90 Å². The molecule has 0 aliphatic heterocycles. The first-order valence-electron chi connectivity index (χ1n) is 10.5. The van der Waals surface area contributed by atoms with Crippen LogP contribution in [-0.2, 0) is 11.3 Å². The van der Waals surface area contributed by atoms with Crippen LogP contribution in [0.15, 0.2) is 23.0 Å². The van der Waals surface area contributed by atoms with E-state index in [-0.39, 0.29) is 11.5 Å². The van der Waals surface area contributed by atoms with Crippen molar-refractivity contribution in [2.75, 3.05) is 24.3 Å². The molecule has 0 fully saturated rings. The molecule has 0 atom stereocenters. The summed E-state index contributed by atoms with van der Waals surface area (Å²) in [6.45, 7) is 12.4. The molecule has 1 heterocycles. The Balaban J connectivity index is 2.80. The predicted molar refractivity (Wildman–Crippen MR) is 122 cm³/mol. The molecule has 0 spiro atoms. The minimum absolute atomic E-state index is 0.184. The molecular weight excluding hydrogens is 382 g/mol. The molecule has 2 aromatic rings. The van der Waals surface area contributed by atoms with Crippen LogP contribution in [-0.4, -0.2) is 29.9 Å². The Morgan fingerprint density at radius 1 is 1.23 bits per heavy atom. The third-order valence-electron chi connectivity index (χ3n) is 4.50. The predicted octanol–water partition coefficient (Wildman–Crippen LogP) is 4.79. The monoisotopic (exact) mass is 417 g/mol.